The fraction of sp³-hybridized carbons (Fsp3) is 0.500. The van der Waals surface area contributed by atoms with Crippen LogP contribution in [0.5, 0.6) is 5.88 Å². The largest absolute Gasteiger partial charge is 0.479 e. The zero-order valence-electron chi connectivity index (χ0n) is 10.2. The average Bonchev–Trinajstić information content (AvgIpc) is 2.29. The number of ether oxygens (including phenoxy) is 1. The smallest absolute Gasteiger partial charge is 0.242 e. The van der Waals surface area contributed by atoms with Gasteiger partial charge in [0.2, 0.25) is 11.8 Å². The molecule has 0 unspecified atom stereocenters. The third-order valence-corrected chi connectivity index (χ3v) is 2.14. The molecule has 0 spiro atoms. The number of carbonyl (C=O) groups excluding carboxylic acids is 1. The third kappa shape index (κ3) is 3.20. The molecular weight excluding hydrogens is 222 g/mol. The highest BCUT2D eigenvalue weighted by molar-refractivity contribution is 5.82. The molecule has 94 valence electrons. The van der Waals surface area contributed by atoms with Crippen molar-refractivity contribution in [3.63, 3.8) is 0 Å². The van der Waals surface area contributed by atoms with Gasteiger partial charge in [-0.1, -0.05) is 0 Å². The molecule has 0 fully saturated rings. The molecule has 0 bridgehead atoms. The molecule has 0 aliphatic rings. The van der Waals surface area contributed by atoms with E-state index in [2.05, 4.69) is 15.3 Å². The number of likely N-dealkylation sites (N-methyl/N-ethyl adjacent to an activating group) is 2. The normalized spacial score (nSPS) is 9.82. The van der Waals surface area contributed by atoms with Crippen LogP contribution in [0.25, 0.3) is 0 Å². The van der Waals surface area contributed by atoms with Crippen LogP contribution in [0.2, 0.25) is 0 Å². The number of nitrogens with zero attached hydrogens (tertiary/aromatic N) is 3. The number of rotatable bonds is 5. The van der Waals surface area contributed by atoms with Crippen LogP contribution in [0.4, 0.5) is 11.5 Å². The first-order chi connectivity index (χ1) is 8.10. The molecule has 7 nitrogen and oxygen atoms in total. The van der Waals surface area contributed by atoms with E-state index in [4.69, 9.17) is 10.5 Å². The molecule has 1 aromatic heterocycles. The zero-order chi connectivity index (χ0) is 12.8. The number of aromatic nitrogens is 2. The van der Waals surface area contributed by atoms with Gasteiger partial charge < -0.3 is 20.7 Å². The van der Waals surface area contributed by atoms with Crippen LogP contribution in [0.1, 0.15) is 6.92 Å². The second-order valence-electron chi connectivity index (χ2n) is 3.43. The molecule has 3 N–H and O–H groups in total. The van der Waals surface area contributed by atoms with Crippen LogP contribution in [-0.2, 0) is 4.79 Å². The summed E-state index contributed by atoms with van der Waals surface area (Å²) in [6.07, 6.45) is 1.35. The van der Waals surface area contributed by atoms with Crippen LogP contribution in [-0.4, -0.2) is 43.1 Å². The van der Waals surface area contributed by atoms with E-state index in [0.29, 0.717) is 23.9 Å². The quantitative estimate of drug-likeness (QED) is 0.729. The summed E-state index contributed by atoms with van der Waals surface area (Å²) in [7, 11) is 3.21. The van der Waals surface area contributed by atoms with E-state index in [0.717, 1.165) is 0 Å². The van der Waals surface area contributed by atoms with Crippen molar-refractivity contribution in [2.24, 2.45) is 0 Å². The predicted molar refractivity (Wildman–Crippen MR) is 65.0 cm³/mol. The summed E-state index contributed by atoms with van der Waals surface area (Å²) in [6, 6.07) is 0. The summed E-state index contributed by atoms with van der Waals surface area (Å²) in [6.45, 7) is 2.63. The third-order valence-electron chi connectivity index (χ3n) is 2.14. The minimum Gasteiger partial charge on any atom is -0.479 e. The van der Waals surface area contributed by atoms with Crippen LogP contribution >= 0.6 is 0 Å². The summed E-state index contributed by atoms with van der Waals surface area (Å²) >= 11 is 0. The highest BCUT2D eigenvalue weighted by Crippen LogP contribution is 2.26. The standard InChI is InChI=1S/C10H17N5O2/c1-4-12-7(16)5-15(2)9-8(11)10(17-3)14-6-13-9/h6H,4-5,11H2,1-3H3,(H,12,16). The Bertz CT molecular complexity index is 396. The molecule has 1 amide bonds. The predicted octanol–water partition coefficient (Wildman–Crippen LogP) is -0.360. The summed E-state index contributed by atoms with van der Waals surface area (Å²) < 4.78 is 4.98. The van der Waals surface area contributed by atoms with Crippen LogP contribution in [0.3, 0.4) is 0 Å². The molecule has 17 heavy (non-hydrogen) atoms. The summed E-state index contributed by atoms with van der Waals surface area (Å²) in [4.78, 5) is 21.0. The number of carbonyl (C=O) groups is 1. The Balaban J connectivity index is 2.81. The fourth-order valence-corrected chi connectivity index (χ4v) is 1.38. The lowest BCUT2D eigenvalue weighted by Gasteiger charge is -2.19. The molecule has 0 radical (unpaired) electrons. The highest BCUT2D eigenvalue weighted by Gasteiger charge is 2.14. The second kappa shape index (κ2) is 5.88. The first-order valence-electron chi connectivity index (χ1n) is 5.22. The molecule has 1 rings (SSSR count). The Kier molecular flexibility index (Phi) is 4.50. The van der Waals surface area contributed by atoms with Gasteiger partial charge in [-0.25, -0.2) is 4.98 Å². The lowest BCUT2D eigenvalue weighted by molar-refractivity contribution is -0.119. The van der Waals surface area contributed by atoms with Gasteiger partial charge in [0.1, 0.15) is 12.0 Å². The van der Waals surface area contributed by atoms with Gasteiger partial charge in [-0.05, 0) is 6.92 Å². The molecular formula is C10H17N5O2. The lowest BCUT2D eigenvalue weighted by atomic mass is 10.4. The van der Waals surface area contributed by atoms with Gasteiger partial charge in [-0.3, -0.25) is 4.79 Å². The van der Waals surface area contributed by atoms with E-state index < -0.39 is 0 Å². The van der Waals surface area contributed by atoms with Crippen molar-refractivity contribution in [3.8, 4) is 5.88 Å². The van der Waals surface area contributed by atoms with Gasteiger partial charge in [0.15, 0.2) is 5.82 Å². The number of hydrogen-bond acceptors (Lipinski definition) is 6. The summed E-state index contributed by atoms with van der Waals surface area (Å²) in [5.41, 5.74) is 6.14. The van der Waals surface area contributed by atoms with E-state index in [1.807, 2.05) is 6.92 Å². The molecule has 1 aromatic rings. The Morgan fingerprint density at radius 3 is 2.88 bits per heavy atom. The van der Waals surface area contributed by atoms with E-state index in [1.54, 1.807) is 11.9 Å². The van der Waals surface area contributed by atoms with Crippen molar-refractivity contribution in [2.45, 2.75) is 6.92 Å². The monoisotopic (exact) mass is 239 g/mol. The zero-order valence-corrected chi connectivity index (χ0v) is 10.2. The number of amides is 1. The Labute approximate surface area is 100.0 Å². The minimum absolute atomic E-state index is 0.0908. The molecule has 1 heterocycles. The number of anilines is 2. The maximum absolute atomic E-state index is 11.4. The van der Waals surface area contributed by atoms with Gasteiger partial charge in [-0.2, -0.15) is 4.98 Å². The maximum Gasteiger partial charge on any atom is 0.242 e. The molecule has 7 heteroatoms. The van der Waals surface area contributed by atoms with Crippen molar-refractivity contribution >= 4 is 17.4 Å². The second-order valence-corrected chi connectivity index (χ2v) is 3.43. The van der Waals surface area contributed by atoms with Crippen molar-refractivity contribution in [1.82, 2.24) is 15.3 Å². The first kappa shape index (κ1) is 13.0. The van der Waals surface area contributed by atoms with Crippen LogP contribution in [0, 0.1) is 0 Å². The molecule has 0 saturated heterocycles. The van der Waals surface area contributed by atoms with Gasteiger partial charge in [-0.15, -0.1) is 0 Å². The van der Waals surface area contributed by atoms with Gasteiger partial charge in [0.25, 0.3) is 0 Å². The van der Waals surface area contributed by atoms with Crippen molar-refractivity contribution in [1.29, 1.82) is 0 Å². The lowest BCUT2D eigenvalue weighted by Crippen LogP contribution is -2.35. The van der Waals surface area contributed by atoms with E-state index >= 15 is 0 Å². The molecule has 0 aromatic carbocycles. The molecule has 0 atom stereocenters. The number of nitrogen functional groups attached to an aromatic ring is 1. The van der Waals surface area contributed by atoms with E-state index in [9.17, 15) is 4.79 Å². The minimum atomic E-state index is -0.0908. The summed E-state index contributed by atoms with van der Waals surface area (Å²) in [5, 5.41) is 2.70. The average molecular weight is 239 g/mol. The Morgan fingerprint density at radius 1 is 1.59 bits per heavy atom. The van der Waals surface area contributed by atoms with Crippen LogP contribution < -0.4 is 20.7 Å². The summed E-state index contributed by atoms with van der Waals surface area (Å²) in [5.74, 6) is 0.688. The highest BCUT2D eigenvalue weighted by atomic mass is 16.5. The molecule has 0 aliphatic heterocycles. The van der Waals surface area contributed by atoms with Crippen molar-refractivity contribution in [3.05, 3.63) is 6.33 Å². The number of nitrogens with one attached hydrogen (secondary N) is 1. The number of methoxy groups -OCH3 is 1. The van der Waals surface area contributed by atoms with Gasteiger partial charge >= 0.3 is 0 Å². The number of hydrogen-bond donors (Lipinski definition) is 2. The van der Waals surface area contributed by atoms with Crippen molar-refractivity contribution < 1.29 is 9.53 Å². The Morgan fingerprint density at radius 2 is 2.29 bits per heavy atom. The number of nitrogens with two attached hydrogens (primary N) is 1. The SMILES string of the molecule is CCNC(=O)CN(C)c1ncnc(OC)c1N. The van der Waals surface area contributed by atoms with Crippen molar-refractivity contribution in [2.75, 3.05) is 37.9 Å². The molecule has 0 aliphatic carbocycles. The van der Waals surface area contributed by atoms with Gasteiger partial charge in [0.05, 0.1) is 13.7 Å². The topological polar surface area (TPSA) is 93.4 Å². The van der Waals surface area contributed by atoms with Crippen LogP contribution in [0.15, 0.2) is 6.33 Å². The van der Waals surface area contributed by atoms with E-state index in [-0.39, 0.29) is 12.5 Å². The Hall–Kier alpha value is -2.05. The first-order valence-corrected chi connectivity index (χ1v) is 5.22. The maximum atomic E-state index is 11.4. The van der Waals surface area contributed by atoms with E-state index in [1.165, 1.54) is 13.4 Å². The molecule has 0 saturated carbocycles. The fourth-order valence-electron chi connectivity index (χ4n) is 1.38. The van der Waals surface area contributed by atoms with Gasteiger partial charge in [0, 0.05) is 13.6 Å².